The second-order valence-corrected chi connectivity index (χ2v) is 6.96. The van der Waals surface area contributed by atoms with E-state index < -0.39 is 0 Å². The molecule has 5 atom stereocenters. The molecule has 1 heteroatoms. The highest BCUT2D eigenvalue weighted by atomic mass is 14.9. The van der Waals surface area contributed by atoms with Crippen LogP contribution in [0, 0.1) is 23.2 Å². The first-order valence-electron chi connectivity index (χ1n) is 7.59. The van der Waals surface area contributed by atoms with Crippen LogP contribution < -0.4 is 5.32 Å². The molecule has 4 rings (SSSR count). The maximum atomic E-state index is 3.77. The molecule has 1 N–H and O–H groups in total. The van der Waals surface area contributed by atoms with E-state index in [-0.39, 0.29) is 0 Å². The van der Waals surface area contributed by atoms with Crippen molar-refractivity contribution in [3.8, 4) is 0 Å². The Morgan fingerprint density at radius 1 is 1.22 bits per heavy atom. The summed E-state index contributed by atoms with van der Waals surface area (Å²) in [4.78, 5) is 0. The maximum Gasteiger partial charge on any atom is 0.0326 e. The molecule has 0 bridgehead atoms. The molecule has 0 aromatic carbocycles. The number of hydrogen-bond acceptors (Lipinski definition) is 1. The van der Waals surface area contributed by atoms with Gasteiger partial charge in [-0.25, -0.2) is 0 Å². The molecule has 0 saturated heterocycles. The number of rotatable bonds is 0. The SMILES string of the molecule is C[C@@]12CCC[C@H]1[C@@H]1NC=C3C=CC=C[C@@H]3[C@H]1CC2. The fraction of sp³-hybridized carbons (Fsp3) is 0.647. The second-order valence-electron chi connectivity index (χ2n) is 6.96. The Morgan fingerprint density at radius 3 is 3.11 bits per heavy atom. The van der Waals surface area contributed by atoms with Gasteiger partial charge in [-0.1, -0.05) is 37.6 Å². The third kappa shape index (κ3) is 1.39. The van der Waals surface area contributed by atoms with Crippen molar-refractivity contribution in [3.05, 3.63) is 36.1 Å². The van der Waals surface area contributed by atoms with E-state index in [1.54, 1.807) is 0 Å². The van der Waals surface area contributed by atoms with Crippen molar-refractivity contribution in [1.82, 2.24) is 5.32 Å². The van der Waals surface area contributed by atoms with Gasteiger partial charge < -0.3 is 5.32 Å². The van der Waals surface area contributed by atoms with Crippen molar-refractivity contribution in [3.63, 3.8) is 0 Å². The summed E-state index contributed by atoms with van der Waals surface area (Å²) in [6, 6.07) is 0.733. The van der Waals surface area contributed by atoms with Crippen LogP contribution in [0.5, 0.6) is 0 Å². The smallest absolute Gasteiger partial charge is 0.0326 e. The molecule has 2 saturated carbocycles. The fourth-order valence-electron chi connectivity index (χ4n) is 5.10. The van der Waals surface area contributed by atoms with Crippen molar-refractivity contribution in [2.24, 2.45) is 23.2 Å². The summed E-state index contributed by atoms with van der Waals surface area (Å²) in [5, 5.41) is 3.77. The quantitative estimate of drug-likeness (QED) is 0.680. The zero-order valence-corrected chi connectivity index (χ0v) is 11.2. The lowest BCUT2D eigenvalue weighted by molar-refractivity contribution is 0.0555. The Balaban J connectivity index is 1.69. The van der Waals surface area contributed by atoms with Gasteiger partial charge >= 0.3 is 0 Å². The predicted octanol–water partition coefficient (Wildman–Crippen LogP) is 3.80. The minimum atomic E-state index is 0.633. The van der Waals surface area contributed by atoms with Crippen LogP contribution in [-0.4, -0.2) is 6.04 Å². The summed E-state index contributed by atoms with van der Waals surface area (Å²) < 4.78 is 0. The highest BCUT2D eigenvalue weighted by Crippen LogP contribution is 2.56. The molecule has 0 unspecified atom stereocenters. The van der Waals surface area contributed by atoms with E-state index in [4.69, 9.17) is 0 Å². The Morgan fingerprint density at radius 2 is 2.17 bits per heavy atom. The van der Waals surface area contributed by atoms with Crippen LogP contribution in [0.25, 0.3) is 0 Å². The first kappa shape index (κ1) is 10.9. The zero-order valence-electron chi connectivity index (χ0n) is 11.2. The number of nitrogens with one attached hydrogen (secondary N) is 1. The molecule has 0 radical (unpaired) electrons. The number of allylic oxidation sites excluding steroid dienone is 5. The molecular weight excluding hydrogens is 218 g/mol. The van der Waals surface area contributed by atoms with Crippen molar-refractivity contribution >= 4 is 0 Å². The summed E-state index contributed by atoms with van der Waals surface area (Å²) in [6.45, 7) is 2.54. The third-order valence-electron chi connectivity index (χ3n) is 6.11. The summed E-state index contributed by atoms with van der Waals surface area (Å²) >= 11 is 0. The van der Waals surface area contributed by atoms with Gasteiger partial charge in [-0.3, -0.25) is 0 Å². The van der Waals surface area contributed by atoms with Gasteiger partial charge in [-0.2, -0.15) is 0 Å². The van der Waals surface area contributed by atoms with Crippen LogP contribution >= 0.6 is 0 Å². The summed E-state index contributed by atoms with van der Waals surface area (Å²) in [5.74, 6) is 2.43. The highest BCUT2D eigenvalue weighted by molar-refractivity contribution is 5.36. The van der Waals surface area contributed by atoms with E-state index >= 15 is 0 Å². The van der Waals surface area contributed by atoms with Crippen LogP contribution in [0.2, 0.25) is 0 Å². The molecule has 0 aromatic heterocycles. The van der Waals surface area contributed by atoms with Gasteiger partial charge in [-0.05, 0) is 48.5 Å². The summed E-state index contributed by atoms with van der Waals surface area (Å²) in [7, 11) is 0. The van der Waals surface area contributed by atoms with Gasteiger partial charge in [0.2, 0.25) is 0 Å². The number of fused-ring (bicyclic) bond motifs is 5. The van der Waals surface area contributed by atoms with E-state index in [1.807, 2.05) is 0 Å². The zero-order chi connectivity index (χ0) is 12.2. The molecule has 3 aliphatic carbocycles. The predicted molar refractivity (Wildman–Crippen MR) is 74.9 cm³/mol. The Bertz CT molecular complexity index is 445. The Labute approximate surface area is 110 Å². The van der Waals surface area contributed by atoms with Crippen LogP contribution in [0.15, 0.2) is 36.1 Å². The first-order chi connectivity index (χ1) is 8.78. The van der Waals surface area contributed by atoms with Crippen molar-refractivity contribution in [1.29, 1.82) is 0 Å². The van der Waals surface area contributed by atoms with E-state index in [0.29, 0.717) is 11.3 Å². The molecule has 4 aliphatic rings. The Kier molecular flexibility index (Phi) is 2.27. The molecule has 0 aromatic rings. The largest absolute Gasteiger partial charge is 0.387 e. The minimum Gasteiger partial charge on any atom is -0.387 e. The van der Waals surface area contributed by atoms with E-state index in [2.05, 4.69) is 42.7 Å². The lowest BCUT2D eigenvalue weighted by Gasteiger charge is -2.51. The summed E-state index contributed by atoms with van der Waals surface area (Å²) in [6.07, 6.45) is 18.6. The van der Waals surface area contributed by atoms with Crippen molar-refractivity contribution in [2.45, 2.75) is 45.1 Å². The monoisotopic (exact) mass is 241 g/mol. The van der Waals surface area contributed by atoms with Gasteiger partial charge in [0, 0.05) is 18.2 Å². The third-order valence-corrected chi connectivity index (χ3v) is 6.11. The highest BCUT2D eigenvalue weighted by Gasteiger charge is 2.51. The molecule has 1 heterocycles. The van der Waals surface area contributed by atoms with Gasteiger partial charge in [0.05, 0.1) is 0 Å². The van der Waals surface area contributed by atoms with Gasteiger partial charge in [0.15, 0.2) is 0 Å². The molecule has 96 valence electrons. The standard InChI is InChI=1S/C17H23N/c1-17-9-4-7-15(17)16-14(8-10-17)13-6-3-2-5-12(13)11-18-16/h2-3,5-6,11,13-16,18H,4,7-10H2,1H3/t13-,14+,15-,16+,17-/m0/s1. The van der Waals surface area contributed by atoms with Gasteiger partial charge in [-0.15, -0.1) is 0 Å². The van der Waals surface area contributed by atoms with E-state index in [9.17, 15) is 0 Å². The molecule has 1 nitrogen and oxygen atoms in total. The molecule has 1 aliphatic heterocycles. The molecule has 18 heavy (non-hydrogen) atoms. The second kappa shape index (κ2) is 3.76. The topological polar surface area (TPSA) is 12.0 Å². The molecule has 0 amide bonds. The lowest BCUT2D eigenvalue weighted by Crippen LogP contribution is -2.53. The van der Waals surface area contributed by atoms with Crippen LogP contribution in [0.1, 0.15) is 39.0 Å². The van der Waals surface area contributed by atoms with Gasteiger partial charge in [0.25, 0.3) is 0 Å². The van der Waals surface area contributed by atoms with Crippen molar-refractivity contribution in [2.75, 3.05) is 0 Å². The van der Waals surface area contributed by atoms with Crippen LogP contribution in [0.3, 0.4) is 0 Å². The lowest BCUT2D eigenvalue weighted by atomic mass is 9.59. The van der Waals surface area contributed by atoms with Crippen LogP contribution in [-0.2, 0) is 0 Å². The normalized spacial score (nSPS) is 48.8. The Hall–Kier alpha value is -0.980. The molecule has 2 fully saturated rings. The minimum absolute atomic E-state index is 0.633. The summed E-state index contributed by atoms with van der Waals surface area (Å²) in [5.41, 5.74) is 2.13. The number of hydrogen-bond donors (Lipinski definition) is 1. The first-order valence-corrected chi connectivity index (χ1v) is 7.59. The average molecular weight is 241 g/mol. The van der Waals surface area contributed by atoms with Gasteiger partial charge in [0.1, 0.15) is 0 Å². The maximum absolute atomic E-state index is 3.77. The molecular formula is C17H23N. The van der Waals surface area contributed by atoms with E-state index in [1.165, 1.54) is 37.7 Å². The van der Waals surface area contributed by atoms with Crippen LogP contribution in [0.4, 0.5) is 0 Å². The van der Waals surface area contributed by atoms with E-state index in [0.717, 1.165) is 17.9 Å². The fourth-order valence-corrected chi connectivity index (χ4v) is 5.10. The average Bonchev–Trinajstić information content (AvgIpc) is 2.80. The molecule has 0 spiro atoms. The van der Waals surface area contributed by atoms with Crippen molar-refractivity contribution < 1.29 is 0 Å².